The molecule has 0 rings (SSSR count). The fourth-order valence-electron chi connectivity index (χ4n) is 4.46. The molecule has 0 amide bonds. The first-order valence-corrected chi connectivity index (χ1v) is 11.8. The third-order valence-electron chi connectivity index (χ3n) is 6.59. The Balaban J connectivity index is -0.00000312. The van der Waals surface area contributed by atoms with E-state index < -0.39 is 0 Å². The molecule has 0 saturated carbocycles. The molecule has 2 nitrogen and oxygen atoms in total. The first-order valence-electron chi connectivity index (χ1n) is 11.8. The number of hydrogen-bond acceptors (Lipinski definition) is 0. The zero-order valence-corrected chi connectivity index (χ0v) is 25.0. The van der Waals surface area contributed by atoms with Gasteiger partial charge in [0.25, 0.3) is 0 Å². The lowest BCUT2D eigenvalue weighted by Crippen LogP contribution is -3.00. The Bertz CT molecular complexity index is 293. The van der Waals surface area contributed by atoms with Crippen LogP contribution in [0.5, 0.6) is 0 Å². The summed E-state index contributed by atoms with van der Waals surface area (Å²) in [6.45, 7) is 14.8. The van der Waals surface area contributed by atoms with Gasteiger partial charge in [0.15, 0.2) is 0 Å². The largest absolute Gasteiger partial charge is 1.00 e. The van der Waals surface area contributed by atoms with E-state index in [1.165, 1.54) is 99.4 Å². The van der Waals surface area contributed by atoms with E-state index in [-0.39, 0.29) is 48.0 Å². The van der Waals surface area contributed by atoms with E-state index in [1.807, 2.05) is 0 Å². The Morgan fingerprint density at radius 1 is 0.464 bits per heavy atom. The Morgan fingerprint density at radius 2 is 0.714 bits per heavy atom. The van der Waals surface area contributed by atoms with Gasteiger partial charge in [0.1, 0.15) is 0 Å². The molecule has 0 saturated heterocycles. The summed E-state index contributed by atoms with van der Waals surface area (Å²) in [7, 11) is 9.72. The summed E-state index contributed by atoms with van der Waals surface area (Å²) in [5.41, 5.74) is 0. The van der Waals surface area contributed by atoms with Crippen molar-refractivity contribution in [3.63, 3.8) is 0 Å². The monoisotopic (exact) mass is 624 g/mol. The predicted molar refractivity (Wildman–Crippen MR) is 120 cm³/mol. The minimum atomic E-state index is 0. The molecule has 0 fully saturated rings. The van der Waals surface area contributed by atoms with Gasteiger partial charge in [-0.1, -0.05) is 40.5 Å². The van der Waals surface area contributed by atoms with Crippen molar-refractivity contribution in [2.24, 2.45) is 11.8 Å². The van der Waals surface area contributed by atoms with E-state index in [0.717, 1.165) is 11.8 Å². The maximum Gasteiger partial charge on any atom is 0.0810 e. The molecule has 0 radical (unpaired) electrons. The normalized spacial score (nSPS) is 12.2. The molecule has 0 aliphatic carbocycles. The molecule has 0 N–H and O–H groups in total. The molecule has 0 aromatic heterocycles. The molecule has 0 aromatic rings. The number of hydrogen-bond donors (Lipinski definition) is 0. The number of nitrogens with zero attached hydrogens (tertiary/aromatic N) is 2. The molecule has 0 bridgehead atoms. The first kappa shape index (κ1) is 34.0. The second-order valence-electron chi connectivity index (χ2n) is 10.2. The van der Waals surface area contributed by atoms with Gasteiger partial charge in [0, 0.05) is 11.8 Å². The van der Waals surface area contributed by atoms with Crippen molar-refractivity contribution in [2.75, 3.05) is 54.4 Å². The smallest absolute Gasteiger partial charge is 0.0810 e. The highest BCUT2D eigenvalue weighted by atomic mass is 127. The molecular formula is C24H54I2N2. The fourth-order valence-corrected chi connectivity index (χ4v) is 4.46. The van der Waals surface area contributed by atoms with E-state index in [1.54, 1.807) is 0 Å². The van der Waals surface area contributed by atoms with Crippen LogP contribution < -0.4 is 48.0 Å². The van der Waals surface area contributed by atoms with Crippen LogP contribution in [0.1, 0.15) is 91.9 Å². The third-order valence-corrected chi connectivity index (χ3v) is 6.59. The summed E-state index contributed by atoms with van der Waals surface area (Å²) < 4.78 is 2.43. The number of quaternary nitrogens is 2. The lowest BCUT2D eigenvalue weighted by molar-refractivity contribution is -0.894. The summed E-state index contributed by atoms with van der Waals surface area (Å²) in [5, 5.41) is 0. The van der Waals surface area contributed by atoms with Gasteiger partial charge in [-0.2, -0.15) is 0 Å². The van der Waals surface area contributed by atoms with Crippen molar-refractivity contribution in [1.82, 2.24) is 0 Å². The standard InChI is InChI=1S/C24H54N2.2HI/c1-9-23(10-2)21-25(5,6)19-17-15-13-14-16-18-20-26(7,8)22-24(11-3)12-4;;/h23-24H,9-22H2,1-8H3;2*1H/q+2;;/p-2. The first-order chi connectivity index (χ1) is 12.2. The molecule has 0 heterocycles. The highest BCUT2D eigenvalue weighted by Crippen LogP contribution is 2.17. The molecule has 0 spiro atoms. The summed E-state index contributed by atoms with van der Waals surface area (Å²) in [4.78, 5) is 0. The van der Waals surface area contributed by atoms with Gasteiger partial charge in [-0.25, -0.2) is 0 Å². The number of halogens is 2. The number of rotatable bonds is 17. The molecule has 0 atom stereocenters. The van der Waals surface area contributed by atoms with Crippen molar-refractivity contribution >= 4 is 0 Å². The van der Waals surface area contributed by atoms with E-state index in [4.69, 9.17) is 0 Å². The minimum absolute atomic E-state index is 0. The maximum absolute atomic E-state index is 2.43. The van der Waals surface area contributed by atoms with Crippen molar-refractivity contribution in [3.05, 3.63) is 0 Å². The van der Waals surface area contributed by atoms with Gasteiger partial charge < -0.3 is 56.9 Å². The van der Waals surface area contributed by atoms with Gasteiger partial charge in [0.05, 0.1) is 54.4 Å². The molecule has 174 valence electrons. The topological polar surface area (TPSA) is 0 Å². The van der Waals surface area contributed by atoms with Crippen LogP contribution in [-0.2, 0) is 0 Å². The second-order valence-corrected chi connectivity index (χ2v) is 10.2. The maximum atomic E-state index is 2.43. The summed E-state index contributed by atoms with van der Waals surface area (Å²) in [6.07, 6.45) is 13.9. The zero-order chi connectivity index (χ0) is 20.1. The molecular weight excluding hydrogens is 570 g/mol. The van der Waals surface area contributed by atoms with Crippen LogP contribution in [0.15, 0.2) is 0 Å². The Morgan fingerprint density at radius 3 is 0.964 bits per heavy atom. The Labute approximate surface area is 213 Å². The zero-order valence-electron chi connectivity index (χ0n) is 20.7. The minimum Gasteiger partial charge on any atom is -1.00 e. The van der Waals surface area contributed by atoms with Crippen LogP contribution >= 0.6 is 0 Å². The van der Waals surface area contributed by atoms with Crippen LogP contribution in [0, 0.1) is 11.8 Å². The van der Waals surface area contributed by atoms with Crippen molar-refractivity contribution in [3.8, 4) is 0 Å². The molecule has 28 heavy (non-hydrogen) atoms. The van der Waals surface area contributed by atoms with E-state index in [0.29, 0.717) is 0 Å². The fraction of sp³-hybridized carbons (Fsp3) is 1.00. The SMILES string of the molecule is CCC(CC)C[N+](C)(C)CCCCCCCC[N+](C)(C)CC(CC)CC.[I-].[I-]. The predicted octanol–water partition coefficient (Wildman–Crippen LogP) is 0.360. The van der Waals surface area contributed by atoms with E-state index >= 15 is 0 Å². The molecule has 0 unspecified atom stereocenters. The van der Waals surface area contributed by atoms with Crippen LogP contribution in [0.25, 0.3) is 0 Å². The van der Waals surface area contributed by atoms with Crippen LogP contribution in [0.3, 0.4) is 0 Å². The average molecular weight is 625 g/mol. The van der Waals surface area contributed by atoms with Crippen LogP contribution in [-0.4, -0.2) is 63.3 Å². The highest BCUT2D eigenvalue weighted by molar-refractivity contribution is 4.55. The van der Waals surface area contributed by atoms with Gasteiger partial charge in [-0.15, -0.1) is 0 Å². The summed E-state index contributed by atoms with van der Waals surface area (Å²) in [6, 6.07) is 0. The molecule has 0 aliphatic rings. The molecule has 0 aliphatic heterocycles. The average Bonchev–Trinajstić information content (AvgIpc) is 2.59. The number of unbranched alkanes of at least 4 members (excludes halogenated alkanes) is 5. The molecule has 0 aromatic carbocycles. The van der Waals surface area contributed by atoms with E-state index in [2.05, 4.69) is 55.9 Å². The third kappa shape index (κ3) is 18.2. The Kier molecular flexibility index (Phi) is 23.2. The molecule has 4 heteroatoms. The van der Waals surface area contributed by atoms with Gasteiger partial charge in [-0.05, 0) is 51.4 Å². The van der Waals surface area contributed by atoms with E-state index in [9.17, 15) is 0 Å². The summed E-state index contributed by atoms with van der Waals surface area (Å²) in [5.74, 6) is 1.82. The quantitative estimate of drug-likeness (QED) is 0.125. The van der Waals surface area contributed by atoms with Gasteiger partial charge in [-0.3, -0.25) is 0 Å². The lowest BCUT2D eigenvalue weighted by Gasteiger charge is -2.33. The highest BCUT2D eigenvalue weighted by Gasteiger charge is 2.20. The van der Waals surface area contributed by atoms with Crippen molar-refractivity contribution in [2.45, 2.75) is 91.9 Å². The van der Waals surface area contributed by atoms with Crippen molar-refractivity contribution < 1.29 is 56.9 Å². The summed E-state index contributed by atoms with van der Waals surface area (Å²) >= 11 is 0. The second kappa shape index (κ2) is 19.1. The Hall–Kier alpha value is 1.38. The van der Waals surface area contributed by atoms with Crippen molar-refractivity contribution in [1.29, 1.82) is 0 Å². The van der Waals surface area contributed by atoms with Gasteiger partial charge >= 0.3 is 0 Å². The van der Waals surface area contributed by atoms with Crippen LogP contribution in [0.4, 0.5) is 0 Å². The lowest BCUT2D eigenvalue weighted by atomic mass is 10.0. The van der Waals surface area contributed by atoms with Crippen LogP contribution in [0.2, 0.25) is 0 Å². The van der Waals surface area contributed by atoms with Gasteiger partial charge in [0.2, 0.25) is 0 Å².